The fourth-order valence-electron chi connectivity index (χ4n) is 7.57. The predicted molar refractivity (Wildman–Crippen MR) is 155 cm³/mol. The minimum Gasteiger partial charge on any atom is -0.451 e. The number of ketones is 1. The van der Waals surface area contributed by atoms with Crippen LogP contribution in [0.5, 0.6) is 0 Å². The summed E-state index contributed by atoms with van der Waals surface area (Å²) in [6.07, 6.45) is -7.23. The van der Waals surface area contributed by atoms with Crippen LogP contribution in [0.4, 0.5) is 13.2 Å². The van der Waals surface area contributed by atoms with Crippen molar-refractivity contribution >= 4 is 32.8 Å². The van der Waals surface area contributed by atoms with Crippen molar-refractivity contribution in [3.63, 3.8) is 0 Å². The second-order valence-corrected chi connectivity index (χ2v) is 15.6. The Morgan fingerprint density at radius 2 is 1.53 bits per heavy atom. The number of hydrogen-bond donors (Lipinski definition) is 2. The number of halogens is 3. The van der Waals surface area contributed by atoms with Crippen LogP contribution in [0.2, 0.25) is 0 Å². The van der Waals surface area contributed by atoms with E-state index in [2.05, 4.69) is 36.4 Å². The van der Waals surface area contributed by atoms with Crippen LogP contribution in [-0.4, -0.2) is 42.8 Å². The van der Waals surface area contributed by atoms with E-state index >= 15 is 0 Å². The quantitative estimate of drug-likeness (QED) is 0.165. The van der Waals surface area contributed by atoms with Crippen LogP contribution in [0.25, 0.3) is 0 Å². The first kappa shape index (κ1) is 29.9. The van der Waals surface area contributed by atoms with E-state index in [4.69, 9.17) is 9.29 Å². The Labute approximate surface area is 250 Å². The van der Waals surface area contributed by atoms with E-state index in [0.717, 1.165) is 10.5 Å². The van der Waals surface area contributed by atoms with Crippen molar-refractivity contribution < 1.29 is 40.5 Å². The van der Waals surface area contributed by atoms with Crippen molar-refractivity contribution in [3.8, 4) is 0 Å². The summed E-state index contributed by atoms with van der Waals surface area (Å²) in [7, 11) is -5.96. The molecule has 0 radical (unpaired) electrons. The van der Waals surface area contributed by atoms with Gasteiger partial charge in [-0.3, -0.25) is 14.1 Å². The highest BCUT2D eigenvalue weighted by Gasteiger charge is 2.63. The van der Waals surface area contributed by atoms with Gasteiger partial charge in [0.1, 0.15) is 11.5 Å². The van der Waals surface area contributed by atoms with E-state index in [-0.39, 0.29) is 36.9 Å². The van der Waals surface area contributed by atoms with Crippen LogP contribution in [0.1, 0.15) is 37.2 Å². The van der Waals surface area contributed by atoms with Gasteiger partial charge in [-0.2, -0.15) is 32.5 Å². The van der Waals surface area contributed by atoms with Crippen LogP contribution in [0.3, 0.4) is 0 Å². The van der Waals surface area contributed by atoms with E-state index < -0.39 is 62.3 Å². The van der Waals surface area contributed by atoms with Gasteiger partial charge in [-0.25, -0.2) is 0 Å². The van der Waals surface area contributed by atoms with Gasteiger partial charge in [0.05, 0.1) is 5.41 Å². The third kappa shape index (κ3) is 5.86. The Kier molecular flexibility index (Phi) is 7.71. The predicted octanol–water partition coefficient (Wildman–Crippen LogP) is 6.62. The molecule has 43 heavy (non-hydrogen) atoms. The molecule has 11 heteroatoms. The number of esters is 1. The van der Waals surface area contributed by atoms with Crippen molar-refractivity contribution in [2.24, 2.45) is 23.2 Å². The van der Waals surface area contributed by atoms with Gasteiger partial charge in [0.25, 0.3) is 10.1 Å². The first-order valence-corrected chi connectivity index (χ1v) is 17.1. The molecule has 3 aromatic rings. The topological polar surface area (TPSA) is 97.7 Å². The first-order valence-electron chi connectivity index (χ1n) is 14.1. The summed E-state index contributed by atoms with van der Waals surface area (Å²) in [5.74, 6) is -4.22. The lowest BCUT2D eigenvalue weighted by atomic mass is 9.45. The van der Waals surface area contributed by atoms with Gasteiger partial charge in [-0.05, 0) is 94.2 Å². The van der Waals surface area contributed by atoms with Crippen LogP contribution in [0, 0.1) is 23.2 Å². The standard InChI is InChI=1S/C32H31F3O6S2/c33-32(34,35)27(19-43(38,39)40)41-30(37)31-16-21-14-22(17-31)29(36)26(18-31)28(21)20-8-7-13-25(15-20)42(23-9-3-1-4-10-23)24-11-5-2-6-12-24/h1-13,15,21-22,26-28,42H,14,16-19H2,(H,38,39,40). The van der Waals surface area contributed by atoms with Crippen LogP contribution < -0.4 is 0 Å². The minimum atomic E-state index is -5.18. The largest absolute Gasteiger partial charge is 0.451 e. The summed E-state index contributed by atoms with van der Waals surface area (Å²) in [5, 5.41) is 0. The number of Topliss-reactive ketones (excluding diaryl/α,β-unsaturated/α-hetero) is 1. The Balaban J connectivity index is 1.31. The molecule has 4 aliphatic carbocycles. The molecule has 0 saturated heterocycles. The van der Waals surface area contributed by atoms with E-state index in [1.807, 2.05) is 48.5 Å². The number of thiol groups is 1. The molecule has 0 aromatic heterocycles. The molecule has 4 fully saturated rings. The maximum atomic E-state index is 13.6. The molecule has 0 amide bonds. The lowest BCUT2D eigenvalue weighted by molar-refractivity contribution is -0.226. The molecule has 6 atom stereocenters. The average Bonchev–Trinajstić information content (AvgIpc) is 2.95. The smallest absolute Gasteiger partial charge is 0.426 e. The fraction of sp³-hybridized carbons (Fsp3) is 0.375. The molecule has 3 aromatic carbocycles. The lowest BCUT2D eigenvalue weighted by Gasteiger charge is -2.58. The van der Waals surface area contributed by atoms with Crippen molar-refractivity contribution in [2.75, 3.05) is 5.75 Å². The van der Waals surface area contributed by atoms with Crippen molar-refractivity contribution in [1.29, 1.82) is 0 Å². The van der Waals surface area contributed by atoms with Crippen LogP contribution in [0.15, 0.2) is 99.6 Å². The van der Waals surface area contributed by atoms with Gasteiger partial charge in [0.15, 0.2) is 0 Å². The summed E-state index contributed by atoms with van der Waals surface area (Å²) in [6, 6.07) is 28.6. The number of alkyl halides is 3. The Morgan fingerprint density at radius 3 is 2.12 bits per heavy atom. The number of rotatable bonds is 8. The maximum Gasteiger partial charge on any atom is 0.426 e. The number of hydrogen-bond acceptors (Lipinski definition) is 5. The molecule has 0 spiro atoms. The minimum absolute atomic E-state index is 0.0217. The molecule has 6 nitrogen and oxygen atoms in total. The highest BCUT2D eigenvalue weighted by atomic mass is 32.2. The highest BCUT2D eigenvalue weighted by Crippen LogP contribution is 2.64. The maximum absolute atomic E-state index is 13.6. The molecule has 6 unspecified atom stereocenters. The zero-order valence-corrected chi connectivity index (χ0v) is 24.7. The van der Waals surface area contributed by atoms with E-state index in [1.54, 1.807) is 0 Å². The van der Waals surface area contributed by atoms with Gasteiger partial charge in [-0.1, -0.05) is 48.5 Å². The zero-order valence-electron chi connectivity index (χ0n) is 23.0. The van der Waals surface area contributed by atoms with Gasteiger partial charge in [0.2, 0.25) is 6.10 Å². The summed E-state index contributed by atoms with van der Waals surface area (Å²) < 4.78 is 77.0. The SMILES string of the molecule is O=C1C2CC3CC(C(=O)OC(CS(=O)(=O)O)C(F)(F)F)(C2)CC1C3c1cccc([SH](c2ccccc2)c2ccccc2)c1. The molecule has 4 saturated carbocycles. The summed E-state index contributed by atoms with van der Waals surface area (Å²) in [4.78, 5) is 30.3. The molecule has 4 bridgehead atoms. The van der Waals surface area contributed by atoms with E-state index in [0.29, 0.717) is 6.42 Å². The third-order valence-corrected chi connectivity index (χ3v) is 12.3. The molecule has 0 heterocycles. The van der Waals surface area contributed by atoms with E-state index in [9.17, 15) is 31.2 Å². The molecule has 1 N–H and O–H groups in total. The van der Waals surface area contributed by atoms with Gasteiger partial charge >= 0.3 is 12.1 Å². The monoisotopic (exact) mass is 632 g/mol. The van der Waals surface area contributed by atoms with Crippen LogP contribution >= 0.6 is 10.9 Å². The molecule has 0 aliphatic heterocycles. The van der Waals surface area contributed by atoms with Crippen molar-refractivity contribution in [3.05, 3.63) is 90.5 Å². The summed E-state index contributed by atoms with van der Waals surface area (Å²) >= 11 is 0. The average molecular weight is 633 g/mol. The number of benzene rings is 3. The van der Waals surface area contributed by atoms with Gasteiger partial charge in [-0.15, -0.1) is 0 Å². The highest BCUT2D eigenvalue weighted by molar-refractivity contribution is 8.17. The van der Waals surface area contributed by atoms with Crippen molar-refractivity contribution in [2.45, 2.75) is 58.6 Å². The zero-order chi connectivity index (χ0) is 30.6. The summed E-state index contributed by atoms with van der Waals surface area (Å²) in [5.41, 5.74) is -0.328. The van der Waals surface area contributed by atoms with Crippen molar-refractivity contribution in [1.82, 2.24) is 0 Å². The Morgan fingerprint density at radius 1 is 0.930 bits per heavy atom. The Bertz CT molecular complexity index is 1590. The van der Waals surface area contributed by atoms with Gasteiger partial charge in [0, 0.05) is 11.8 Å². The van der Waals surface area contributed by atoms with E-state index in [1.165, 1.54) is 9.79 Å². The summed E-state index contributed by atoms with van der Waals surface area (Å²) in [6.45, 7) is 0. The Hall–Kier alpha value is -3.15. The second-order valence-electron chi connectivity index (χ2n) is 11.9. The molecule has 228 valence electrons. The molecule has 4 aliphatic rings. The molecular formula is C32H31F3O6S2. The van der Waals surface area contributed by atoms with Gasteiger partial charge < -0.3 is 4.74 Å². The molecule has 7 rings (SSSR count). The number of ether oxygens (including phenoxy) is 1. The lowest BCUT2D eigenvalue weighted by Crippen LogP contribution is -2.58. The second kappa shape index (κ2) is 11.1. The normalized spacial score (nSPS) is 27.5. The number of carbonyl (C=O) groups is 2. The van der Waals surface area contributed by atoms with Crippen LogP contribution in [-0.2, 0) is 24.4 Å². The fourth-order valence-corrected chi connectivity index (χ4v) is 10.6. The first-order chi connectivity index (χ1) is 20.3. The number of carbonyl (C=O) groups excluding carboxylic acids is 2. The third-order valence-electron chi connectivity index (χ3n) is 9.15. The molecular weight excluding hydrogens is 601 g/mol.